The number of rotatable bonds is 3. The van der Waals surface area contributed by atoms with Gasteiger partial charge in [-0.25, -0.2) is 18.4 Å². The van der Waals surface area contributed by atoms with Crippen molar-refractivity contribution in [2.24, 2.45) is 0 Å². The van der Waals surface area contributed by atoms with Gasteiger partial charge in [0.25, 0.3) is 0 Å². The first-order valence-electron chi connectivity index (χ1n) is 3.82. The summed E-state index contributed by atoms with van der Waals surface area (Å²) < 4.78 is 24.3. The number of anilines is 1. The summed E-state index contributed by atoms with van der Waals surface area (Å²) in [5, 5.41) is -0.511. The average molecular weight is 236 g/mol. The number of hydrogen-bond acceptors (Lipinski definition) is 4. The molecule has 0 spiro atoms. The van der Waals surface area contributed by atoms with E-state index in [0.29, 0.717) is 11.4 Å². The van der Waals surface area contributed by atoms with Crippen molar-refractivity contribution in [3.05, 3.63) is 17.5 Å². The summed E-state index contributed by atoms with van der Waals surface area (Å²) in [5.41, 5.74) is 1.40. The van der Waals surface area contributed by atoms with Crippen molar-refractivity contribution >= 4 is 27.6 Å². The number of aryl methyl sites for hydroxylation is 2. The molecule has 1 aromatic rings. The van der Waals surface area contributed by atoms with E-state index in [0.717, 1.165) is 0 Å². The minimum Gasteiger partial charge on any atom is -0.250 e. The molecule has 1 aromatic heterocycles. The zero-order valence-electron chi connectivity index (χ0n) is 7.78. The number of alkyl halides is 1. The van der Waals surface area contributed by atoms with Gasteiger partial charge in [0.15, 0.2) is 0 Å². The molecule has 14 heavy (non-hydrogen) atoms. The van der Waals surface area contributed by atoms with Gasteiger partial charge in [0, 0.05) is 11.4 Å². The first-order valence-corrected chi connectivity index (χ1v) is 6.00. The Labute approximate surface area is 87.6 Å². The molecule has 0 saturated heterocycles. The molecule has 5 nitrogen and oxygen atoms in total. The molecule has 78 valence electrons. The highest BCUT2D eigenvalue weighted by Crippen LogP contribution is 2.06. The molecule has 0 saturated carbocycles. The Morgan fingerprint density at radius 1 is 1.36 bits per heavy atom. The van der Waals surface area contributed by atoms with Crippen molar-refractivity contribution in [2.75, 3.05) is 9.93 Å². The van der Waals surface area contributed by atoms with E-state index >= 15 is 0 Å². The largest absolute Gasteiger partial charge is 0.250 e. The van der Waals surface area contributed by atoms with Gasteiger partial charge in [-0.15, -0.1) is 11.6 Å². The lowest BCUT2D eigenvalue weighted by atomic mass is 10.4. The second-order valence-corrected chi connectivity index (χ2v) is 5.11. The fourth-order valence-electron chi connectivity index (χ4n) is 0.938. The number of halogens is 1. The number of hydrogen-bond donors (Lipinski definition) is 1. The zero-order valence-corrected chi connectivity index (χ0v) is 9.35. The fourth-order valence-corrected chi connectivity index (χ4v) is 1.53. The Morgan fingerprint density at radius 2 is 1.86 bits per heavy atom. The topological polar surface area (TPSA) is 72.0 Å². The van der Waals surface area contributed by atoms with Crippen molar-refractivity contribution in [3.63, 3.8) is 0 Å². The van der Waals surface area contributed by atoms with Gasteiger partial charge in [0.1, 0.15) is 5.21 Å². The monoisotopic (exact) mass is 235 g/mol. The molecule has 0 aliphatic carbocycles. The molecule has 0 unspecified atom stereocenters. The molecule has 0 atom stereocenters. The van der Waals surface area contributed by atoms with Crippen LogP contribution in [-0.2, 0) is 10.0 Å². The van der Waals surface area contributed by atoms with Crippen LogP contribution >= 0.6 is 11.6 Å². The van der Waals surface area contributed by atoms with Crippen LogP contribution in [0, 0.1) is 13.8 Å². The quantitative estimate of drug-likeness (QED) is 0.795. The molecule has 0 aliphatic rings. The maximum absolute atomic E-state index is 11.1. The summed E-state index contributed by atoms with van der Waals surface area (Å²) in [6, 6.07) is 1.75. The molecule has 1 heterocycles. The summed E-state index contributed by atoms with van der Waals surface area (Å²) in [4.78, 5) is 7.81. The van der Waals surface area contributed by atoms with Gasteiger partial charge < -0.3 is 0 Å². The third-order valence-electron chi connectivity index (χ3n) is 1.37. The Balaban J connectivity index is 2.98. The molecule has 1 N–H and O–H groups in total. The molecule has 0 fully saturated rings. The van der Waals surface area contributed by atoms with E-state index < -0.39 is 15.2 Å². The molecule has 0 radical (unpaired) electrons. The first-order chi connectivity index (χ1) is 6.43. The van der Waals surface area contributed by atoms with Gasteiger partial charge >= 0.3 is 0 Å². The third kappa shape index (κ3) is 3.12. The summed E-state index contributed by atoms with van der Waals surface area (Å²) >= 11 is 5.22. The maximum atomic E-state index is 11.1. The normalized spacial score (nSPS) is 11.4. The summed E-state index contributed by atoms with van der Waals surface area (Å²) in [7, 11) is -3.52. The van der Waals surface area contributed by atoms with E-state index in [-0.39, 0.29) is 5.95 Å². The predicted octanol–water partition coefficient (Wildman–Crippen LogP) is 1.03. The van der Waals surface area contributed by atoms with Crippen molar-refractivity contribution in [1.82, 2.24) is 9.97 Å². The molecule has 7 heteroatoms. The van der Waals surface area contributed by atoms with Crippen LogP contribution in [0.5, 0.6) is 0 Å². The van der Waals surface area contributed by atoms with Crippen LogP contribution in [0.25, 0.3) is 0 Å². The van der Waals surface area contributed by atoms with Crippen LogP contribution in [0.4, 0.5) is 5.95 Å². The van der Waals surface area contributed by atoms with Gasteiger partial charge in [-0.2, -0.15) is 0 Å². The Hall–Kier alpha value is -0.880. The Morgan fingerprint density at radius 3 is 2.29 bits per heavy atom. The molecule has 0 amide bonds. The van der Waals surface area contributed by atoms with Crippen LogP contribution in [0.1, 0.15) is 11.4 Å². The molecule has 1 rings (SSSR count). The minimum absolute atomic E-state index is 0.0585. The lowest BCUT2D eigenvalue weighted by Crippen LogP contribution is -2.16. The predicted molar refractivity (Wildman–Crippen MR) is 54.8 cm³/mol. The van der Waals surface area contributed by atoms with Gasteiger partial charge in [0.05, 0.1) is 0 Å². The Bertz CT molecular complexity index is 412. The van der Waals surface area contributed by atoms with Crippen LogP contribution < -0.4 is 4.72 Å². The van der Waals surface area contributed by atoms with Crippen molar-refractivity contribution < 1.29 is 8.42 Å². The van der Waals surface area contributed by atoms with Crippen LogP contribution in [0.15, 0.2) is 6.07 Å². The molecule has 0 bridgehead atoms. The lowest BCUT2D eigenvalue weighted by Gasteiger charge is -2.04. The maximum Gasteiger partial charge on any atom is 0.249 e. The third-order valence-corrected chi connectivity index (χ3v) is 3.02. The first kappa shape index (κ1) is 11.2. The van der Waals surface area contributed by atoms with Crippen molar-refractivity contribution in [2.45, 2.75) is 13.8 Å². The van der Waals surface area contributed by atoms with E-state index in [9.17, 15) is 8.42 Å². The van der Waals surface area contributed by atoms with E-state index in [1.807, 2.05) is 0 Å². The summed E-state index contributed by atoms with van der Waals surface area (Å²) in [6.45, 7) is 3.51. The lowest BCUT2D eigenvalue weighted by molar-refractivity contribution is 0.605. The van der Waals surface area contributed by atoms with Gasteiger partial charge in [-0.05, 0) is 19.9 Å². The second-order valence-electron chi connectivity index (χ2n) is 2.80. The standard InChI is InChI=1S/C7H10ClN3O2S/c1-5-3-6(2)10-7(9-5)11-14(12,13)4-8/h3H,4H2,1-2H3,(H,9,10,11). The van der Waals surface area contributed by atoms with E-state index in [1.165, 1.54) is 0 Å². The highest BCUT2D eigenvalue weighted by Gasteiger charge is 2.10. The number of nitrogens with one attached hydrogen (secondary N) is 1. The average Bonchev–Trinajstić information content (AvgIpc) is 2.01. The highest BCUT2D eigenvalue weighted by atomic mass is 35.5. The van der Waals surface area contributed by atoms with Crippen LogP contribution in [0.2, 0.25) is 0 Å². The number of sulfonamides is 1. The zero-order chi connectivity index (χ0) is 10.8. The van der Waals surface area contributed by atoms with Crippen molar-refractivity contribution in [1.29, 1.82) is 0 Å². The molecular formula is C7H10ClN3O2S. The highest BCUT2D eigenvalue weighted by molar-refractivity contribution is 7.93. The van der Waals surface area contributed by atoms with E-state index in [4.69, 9.17) is 11.6 Å². The summed E-state index contributed by atoms with van der Waals surface area (Å²) in [5.74, 6) is 0.0585. The minimum atomic E-state index is -3.52. The fraction of sp³-hybridized carbons (Fsp3) is 0.429. The van der Waals surface area contributed by atoms with Gasteiger partial charge in [-0.3, -0.25) is 4.72 Å². The van der Waals surface area contributed by atoms with Gasteiger partial charge in [0.2, 0.25) is 16.0 Å². The van der Waals surface area contributed by atoms with Crippen LogP contribution in [-0.4, -0.2) is 23.6 Å². The van der Waals surface area contributed by atoms with Crippen LogP contribution in [0.3, 0.4) is 0 Å². The van der Waals surface area contributed by atoms with Crippen molar-refractivity contribution in [3.8, 4) is 0 Å². The molecule has 0 aliphatic heterocycles. The van der Waals surface area contributed by atoms with E-state index in [2.05, 4.69) is 14.7 Å². The number of nitrogens with zero attached hydrogens (tertiary/aromatic N) is 2. The van der Waals surface area contributed by atoms with E-state index in [1.54, 1.807) is 19.9 Å². The Kier molecular flexibility index (Phi) is 3.28. The smallest absolute Gasteiger partial charge is 0.249 e. The number of aromatic nitrogens is 2. The second kappa shape index (κ2) is 4.10. The van der Waals surface area contributed by atoms with Gasteiger partial charge in [-0.1, -0.05) is 0 Å². The molecule has 0 aromatic carbocycles. The SMILES string of the molecule is Cc1cc(C)nc(NS(=O)(=O)CCl)n1. The molecular weight excluding hydrogens is 226 g/mol. The summed E-state index contributed by atoms with van der Waals surface area (Å²) in [6.07, 6.45) is 0.